The highest BCUT2D eigenvalue weighted by Crippen LogP contribution is 2.45. The van der Waals surface area contributed by atoms with Crippen molar-refractivity contribution in [3.05, 3.63) is 69.9 Å². The van der Waals surface area contributed by atoms with Gasteiger partial charge in [0.05, 0.1) is 24.0 Å². The van der Waals surface area contributed by atoms with Crippen LogP contribution in [0.3, 0.4) is 0 Å². The summed E-state index contributed by atoms with van der Waals surface area (Å²) in [4.78, 5) is 20.3. The third kappa shape index (κ3) is 3.78. The quantitative estimate of drug-likeness (QED) is 0.362. The number of hydrogen-bond donors (Lipinski definition) is 0. The van der Waals surface area contributed by atoms with E-state index in [0.29, 0.717) is 23.6 Å². The number of carbonyl (C=O) groups is 1. The smallest absolute Gasteiger partial charge is 0.194 e. The summed E-state index contributed by atoms with van der Waals surface area (Å²) >= 11 is 0. The molecule has 0 amide bonds. The van der Waals surface area contributed by atoms with Gasteiger partial charge in [-0.2, -0.15) is 5.10 Å². The molecule has 182 valence electrons. The van der Waals surface area contributed by atoms with Gasteiger partial charge in [-0.3, -0.25) is 19.4 Å². The first-order valence-corrected chi connectivity index (χ1v) is 12.3. The summed E-state index contributed by atoms with van der Waals surface area (Å²) < 4.78 is 43.2. The van der Waals surface area contributed by atoms with Crippen LogP contribution >= 0.6 is 0 Å². The predicted molar refractivity (Wildman–Crippen MR) is 125 cm³/mol. The van der Waals surface area contributed by atoms with E-state index >= 15 is 0 Å². The van der Waals surface area contributed by atoms with Crippen molar-refractivity contribution in [1.82, 2.24) is 19.7 Å². The number of pyridine rings is 1. The topological polar surface area (TPSA) is 51.0 Å². The summed E-state index contributed by atoms with van der Waals surface area (Å²) in [6.07, 6.45) is 5.78. The van der Waals surface area contributed by atoms with Gasteiger partial charge in [-0.1, -0.05) is 0 Å². The largest absolute Gasteiger partial charge is 0.293 e. The number of rotatable bonds is 5. The van der Waals surface area contributed by atoms with Crippen LogP contribution in [-0.2, 0) is 13.5 Å². The molecule has 0 N–H and O–H groups in total. The highest BCUT2D eigenvalue weighted by atomic mass is 19.2. The number of aryl methyl sites for hydroxylation is 2. The van der Waals surface area contributed by atoms with Crippen LogP contribution in [0.1, 0.15) is 77.1 Å². The summed E-state index contributed by atoms with van der Waals surface area (Å²) in [5.41, 5.74) is 5.18. The second-order valence-corrected chi connectivity index (χ2v) is 10.1. The van der Waals surface area contributed by atoms with E-state index in [0.717, 1.165) is 54.0 Å². The number of ketones is 1. The number of aromatic nitrogens is 3. The fourth-order valence-electron chi connectivity index (χ4n) is 5.96. The number of fused-ring (bicyclic) bond motifs is 4. The van der Waals surface area contributed by atoms with E-state index in [-0.39, 0.29) is 30.0 Å². The Hall–Kier alpha value is -3.00. The lowest BCUT2D eigenvalue weighted by Gasteiger charge is -2.45. The Morgan fingerprint density at radius 2 is 1.83 bits per heavy atom. The zero-order chi connectivity index (χ0) is 24.4. The van der Waals surface area contributed by atoms with Crippen molar-refractivity contribution < 1.29 is 18.0 Å². The van der Waals surface area contributed by atoms with Crippen LogP contribution in [-0.4, -0.2) is 38.0 Å². The zero-order valence-corrected chi connectivity index (χ0v) is 19.8. The van der Waals surface area contributed by atoms with Crippen LogP contribution < -0.4 is 0 Å². The summed E-state index contributed by atoms with van der Waals surface area (Å²) in [6.45, 7) is 2.19. The molecule has 3 aromatic rings. The molecule has 8 heteroatoms. The molecule has 2 aliphatic heterocycles. The second kappa shape index (κ2) is 8.29. The maximum Gasteiger partial charge on any atom is 0.194 e. The van der Waals surface area contributed by atoms with Crippen molar-refractivity contribution in [1.29, 1.82) is 0 Å². The lowest BCUT2D eigenvalue weighted by Crippen LogP contribution is -2.48. The van der Waals surface area contributed by atoms with E-state index in [1.165, 1.54) is 12.8 Å². The summed E-state index contributed by atoms with van der Waals surface area (Å²) in [5, 5.41) is 4.73. The van der Waals surface area contributed by atoms with Crippen LogP contribution in [0.2, 0.25) is 0 Å². The summed E-state index contributed by atoms with van der Waals surface area (Å²) in [5.74, 6) is -3.30. The first-order valence-electron chi connectivity index (χ1n) is 12.3. The van der Waals surface area contributed by atoms with Crippen molar-refractivity contribution in [2.75, 3.05) is 6.54 Å². The van der Waals surface area contributed by atoms with Gasteiger partial charge in [-0.15, -0.1) is 0 Å². The number of piperidine rings is 1. The van der Waals surface area contributed by atoms with Gasteiger partial charge in [0, 0.05) is 47.1 Å². The first kappa shape index (κ1) is 22.5. The molecule has 3 aliphatic rings. The molecule has 2 unspecified atom stereocenters. The highest BCUT2D eigenvalue weighted by molar-refractivity contribution is 5.98. The van der Waals surface area contributed by atoms with Crippen molar-refractivity contribution >= 4 is 5.78 Å². The molecule has 1 aromatic carbocycles. The lowest BCUT2D eigenvalue weighted by molar-refractivity contribution is 0.0561. The number of hydrogen-bond acceptors (Lipinski definition) is 4. The monoisotopic (exact) mass is 480 g/mol. The minimum Gasteiger partial charge on any atom is -0.293 e. The maximum absolute atomic E-state index is 14.0. The third-order valence-corrected chi connectivity index (χ3v) is 7.80. The lowest BCUT2D eigenvalue weighted by atomic mass is 9.81. The normalized spacial score (nSPS) is 21.7. The molecule has 1 saturated heterocycles. The predicted octanol–water partition coefficient (Wildman–Crippen LogP) is 5.42. The molecule has 6 rings (SSSR count). The molecular weight excluding hydrogens is 453 g/mol. The average molecular weight is 481 g/mol. The van der Waals surface area contributed by atoms with Gasteiger partial charge >= 0.3 is 0 Å². The van der Waals surface area contributed by atoms with Crippen molar-refractivity contribution in [3.63, 3.8) is 0 Å². The van der Waals surface area contributed by atoms with Gasteiger partial charge in [0.2, 0.25) is 0 Å². The van der Waals surface area contributed by atoms with Gasteiger partial charge in [0.15, 0.2) is 23.2 Å². The minimum atomic E-state index is -1.47. The Morgan fingerprint density at radius 1 is 1.09 bits per heavy atom. The van der Waals surface area contributed by atoms with Crippen molar-refractivity contribution in [2.45, 2.75) is 63.5 Å². The third-order valence-electron chi connectivity index (χ3n) is 7.80. The van der Waals surface area contributed by atoms with Gasteiger partial charge < -0.3 is 0 Å². The molecule has 2 bridgehead atoms. The van der Waals surface area contributed by atoms with E-state index in [9.17, 15) is 18.0 Å². The molecule has 2 fully saturated rings. The first-order chi connectivity index (χ1) is 16.8. The summed E-state index contributed by atoms with van der Waals surface area (Å²) in [6, 6.07) is 6.04. The van der Waals surface area contributed by atoms with E-state index in [1.807, 2.05) is 19.1 Å². The summed E-state index contributed by atoms with van der Waals surface area (Å²) in [7, 11) is 1.74. The van der Waals surface area contributed by atoms with Crippen LogP contribution in [0.25, 0.3) is 11.3 Å². The van der Waals surface area contributed by atoms with Gasteiger partial charge in [0.1, 0.15) is 0 Å². The van der Waals surface area contributed by atoms with E-state index in [1.54, 1.807) is 11.7 Å². The van der Waals surface area contributed by atoms with E-state index < -0.39 is 17.5 Å². The molecule has 2 aromatic heterocycles. The Morgan fingerprint density at radius 3 is 2.51 bits per heavy atom. The van der Waals surface area contributed by atoms with Gasteiger partial charge in [-0.05, 0) is 69.7 Å². The van der Waals surface area contributed by atoms with E-state index in [4.69, 9.17) is 5.10 Å². The average Bonchev–Trinajstić information content (AvgIpc) is 3.61. The second-order valence-electron chi connectivity index (χ2n) is 10.1. The highest BCUT2D eigenvalue weighted by Gasteiger charge is 2.42. The van der Waals surface area contributed by atoms with Crippen LogP contribution in [0, 0.1) is 24.4 Å². The molecule has 5 nitrogen and oxygen atoms in total. The van der Waals surface area contributed by atoms with Crippen molar-refractivity contribution in [2.24, 2.45) is 7.05 Å². The standard InChI is InChI=1S/C27H27F3N4O/c1-14-18(8-9-22(31-14)15-6-7-15)24(35)13-34-17-4-3-5-23(34)26-19(12-17)27(33(2)32-26)16-10-20(28)25(30)21(29)11-16/h8-11,15,17,23H,3-7,12-13H2,1-2H3. The number of Topliss-reactive ketones (excluding diaryl/α,β-unsaturated/α-hetero) is 1. The molecule has 0 radical (unpaired) electrons. The van der Waals surface area contributed by atoms with E-state index in [2.05, 4.69) is 9.88 Å². The molecule has 1 aliphatic carbocycles. The fraction of sp³-hybridized carbons (Fsp3) is 0.444. The fourth-order valence-corrected chi connectivity index (χ4v) is 5.96. The number of nitrogens with zero attached hydrogens (tertiary/aromatic N) is 4. The van der Waals surface area contributed by atoms with Crippen LogP contribution in [0.5, 0.6) is 0 Å². The molecular formula is C27H27F3N4O. The molecule has 0 spiro atoms. The number of benzene rings is 1. The van der Waals surface area contributed by atoms with Gasteiger partial charge in [0.25, 0.3) is 0 Å². The van der Waals surface area contributed by atoms with Crippen LogP contribution in [0.4, 0.5) is 13.2 Å². The Bertz CT molecular complexity index is 1320. The molecule has 4 heterocycles. The molecule has 2 atom stereocenters. The Balaban J connectivity index is 1.32. The molecule has 1 saturated carbocycles. The van der Waals surface area contributed by atoms with Crippen molar-refractivity contribution in [3.8, 4) is 11.3 Å². The van der Waals surface area contributed by atoms with Gasteiger partial charge in [-0.25, -0.2) is 13.2 Å². The van der Waals surface area contributed by atoms with Crippen LogP contribution in [0.15, 0.2) is 24.3 Å². The maximum atomic E-state index is 14.0. The number of carbonyl (C=O) groups excluding carboxylic acids is 1. The minimum absolute atomic E-state index is 0.0458. The zero-order valence-electron chi connectivity index (χ0n) is 19.8. The SMILES string of the molecule is Cc1nc(C2CC2)ccc1C(=O)CN1C2CCCC1c1nn(C)c(-c3cc(F)c(F)c(F)c3)c1C2. The molecule has 35 heavy (non-hydrogen) atoms. The Kier molecular flexibility index (Phi) is 5.32. The Labute approximate surface area is 202 Å². The number of halogens is 3.